The number of para-hydroxylation sites is 1. The van der Waals surface area contributed by atoms with Crippen LogP contribution in [-0.2, 0) is 14.3 Å². The van der Waals surface area contributed by atoms with Crippen LogP contribution in [0.3, 0.4) is 0 Å². The van der Waals surface area contributed by atoms with Crippen molar-refractivity contribution in [2.24, 2.45) is 10.8 Å². The molecular formula is C23H25NO2S. The molecular weight excluding hydrogens is 354 g/mol. The average molecular weight is 380 g/mol. The van der Waals surface area contributed by atoms with Gasteiger partial charge in [0.25, 0.3) is 0 Å². The highest BCUT2D eigenvalue weighted by atomic mass is 32.2. The lowest BCUT2D eigenvalue weighted by Crippen LogP contribution is -2.70. The minimum absolute atomic E-state index is 0.0403. The van der Waals surface area contributed by atoms with E-state index >= 15 is 0 Å². The summed E-state index contributed by atoms with van der Waals surface area (Å²) in [7, 11) is 1.83. The fraction of sp³-hybridized carbons (Fsp3) is 0.391. The molecule has 1 amide bonds. The number of nitrogens with zero attached hydrogens (tertiary/aromatic N) is 1. The maximum atomic E-state index is 13.9. The fourth-order valence-electron chi connectivity index (χ4n) is 5.42. The van der Waals surface area contributed by atoms with Crippen LogP contribution in [0.1, 0.15) is 33.3 Å². The van der Waals surface area contributed by atoms with E-state index in [-0.39, 0.29) is 11.7 Å². The number of hydrogen-bond acceptors (Lipinski definition) is 3. The second-order valence-electron chi connectivity index (χ2n) is 8.61. The Morgan fingerprint density at radius 1 is 0.852 bits per heavy atom. The number of ketones is 1. The summed E-state index contributed by atoms with van der Waals surface area (Å²) in [6, 6.07) is 19.6. The summed E-state index contributed by atoms with van der Waals surface area (Å²) in [4.78, 5) is 28.6. The molecule has 0 aromatic heterocycles. The van der Waals surface area contributed by atoms with E-state index in [1.54, 1.807) is 16.7 Å². The Balaban J connectivity index is 1.87. The van der Waals surface area contributed by atoms with Crippen LogP contribution >= 0.6 is 11.8 Å². The molecule has 2 fully saturated rings. The molecule has 0 radical (unpaired) electrons. The SMILES string of the molecule is CN(C(=O)C1(c2ccccc2)SC12C(C)(C)C(=O)C2(C)C)c1ccccc1. The minimum atomic E-state index is -0.750. The highest BCUT2D eigenvalue weighted by molar-refractivity contribution is 8.10. The van der Waals surface area contributed by atoms with Crippen LogP contribution in [0.4, 0.5) is 5.69 Å². The second kappa shape index (κ2) is 5.48. The van der Waals surface area contributed by atoms with Gasteiger partial charge in [-0.1, -0.05) is 76.2 Å². The van der Waals surface area contributed by atoms with Crippen LogP contribution in [0.25, 0.3) is 0 Å². The molecule has 2 aromatic rings. The Morgan fingerprint density at radius 2 is 1.33 bits per heavy atom. The maximum absolute atomic E-state index is 13.9. The molecule has 4 heteroatoms. The van der Waals surface area contributed by atoms with E-state index in [9.17, 15) is 9.59 Å². The zero-order valence-corrected chi connectivity index (χ0v) is 17.3. The van der Waals surface area contributed by atoms with Crippen LogP contribution in [-0.4, -0.2) is 23.5 Å². The molecule has 1 atom stereocenters. The molecule has 0 N–H and O–H groups in total. The minimum Gasteiger partial charge on any atom is -0.314 e. The first-order chi connectivity index (χ1) is 12.6. The summed E-state index contributed by atoms with van der Waals surface area (Å²) in [6.07, 6.45) is 0. The molecule has 27 heavy (non-hydrogen) atoms. The number of likely N-dealkylation sites (N-methyl/N-ethyl adjacent to an activating group) is 1. The normalized spacial score (nSPS) is 26.3. The number of carbonyl (C=O) groups is 2. The van der Waals surface area contributed by atoms with Gasteiger partial charge in [-0.15, -0.1) is 11.8 Å². The van der Waals surface area contributed by atoms with E-state index in [2.05, 4.69) is 0 Å². The van der Waals surface area contributed by atoms with E-state index in [1.807, 2.05) is 95.4 Å². The first-order valence-corrected chi connectivity index (χ1v) is 10.1. The van der Waals surface area contributed by atoms with Crippen LogP contribution < -0.4 is 4.90 Å². The standard InChI is InChI=1S/C23H25NO2S/c1-20(2)18(25)21(3,4)23(20)22(27-23,16-12-8-6-9-13-16)19(26)24(5)17-14-10-7-11-15-17/h6-15H,1-5H3. The Labute approximate surface area is 165 Å². The number of rotatable bonds is 3. The van der Waals surface area contributed by atoms with Crippen LogP contribution in [0, 0.1) is 10.8 Å². The van der Waals surface area contributed by atoms with Gasteiger partial charge in [0.05, 0.1) is 4.75 Å². The summed E-state index contributed by atoms with van der Waals surface area (Å²) in [6.45, 7) is 7.98. The third-order valence-corrected chi connectivity index (χ3v) is 9.04. The van der Waals surface area contributed by atoms with Crippen molar-refractivity contribution in [3.8, 4) is 0 Å². The largest absolute Gasteiger partial charge is 0.314 e. The Kier molecular flexibility index (Phi) is 3.71. The van der Waals surface area contributed by atoms with Crippen molar-refractivity contribution in [2.75, 3.05) is 11.9 Å². The summed E-state index contributed by atoms with van der Waals surface area (Å²) in [5, 5.41) is 0. The van der Waals surface area contributed by atoms with Gasteiger partial charge in [-0.05, 0) is 17.7 Å². The molecule has 1 aliphatic heterocycles. The molecule has 1 unspecified atom stereocenters. The van der Waals surface area contributed by atoms with Gasteiger partial charge >= 0.3 is 0 Å². The molecule has 3 nitrogen and oxygen atoms in total. The van der Waals surface area contributed by atoms with Crippen molar-refractivity contribution in [3.63, 3.8) is 0 Å². The van der Waals surface area contributed by atoms with Gasteiger partial charge in [-0.3, -0.25) is 9.59 Å². The number of Topliss-reactive ketones (excluding diaryl/α,β-unsaturated/α-hetero) is 1. The zero-order chi connectivity index (χ0) is 19.7. The van der Waals surface area contributed by atoms with Crippen molar-refractivity contribution in [1.82, 2.24) is 0 Å². The molecule has 1 aliphatic carbocycles. The summed E-state index contributed by atoms with van der Waals surface area (Å²) < 4.78 is -1.19. The Bertz CT molecular complexity index is 902. The third kappa shape index (κ3) is 1.94. The second-order valence-corrected chi connectivity index (χ2v) is 10.0. The van der Waals surface area contributed by atoms with Gasteiger partial charge in [0, 0.05) is 23.6 Å². The van der Waals surface area contributed by atoms with Gasteiger partial charge in [-0.25, -0.2) is 0 Å². The molecule has 1 saturated carbocycles. The molecule has 0 bridgehead atoms. The van der Waals surface area contributed by atoms with Crippen molar-refractivity contribution < 1.29 is 9.59 Å². The lowest BCUT2D eigenvalue weighted by molar-refractivity contribution is -0.160. The van der Waals surface area contributed by atoms with Crippen molar-refractivity contribution in [2.45, 2.75) is 37.2 Å². The highest BCUT2D eigenvalue weighted by Crippen LogP contribution is 2.88. The van der Waals surface area contributed by atoms with Crippen molar-refractivity contribution in [3.05, 3.63) is 66.2 Å². The van der Waals surface area contributed by atoms with Crippen LogP contribution in [0.2, 0.25) is 0 Å². The lowest BCUT2D eigenvalue weighted by Gasteiger charge is -2.57. The van der Waals surface area contributed by atoms with E-state index in [4.69, 9.17) is 0 Å². The number of anilines is 1. The molecule has 2 aliphatic rings. The number of benzene rings is 2. The molecule has 1 spiro atoms. The predicted molar refractivity (Wildman–Crippen MR) is 111 cm³/mol. The van der Waals surface area contributed by atoms with Crippen molar-refractivity contribution in [1.29, 1.82) is 0 Å². The molecule has 2 aromatic carbocycles. The quantitative estimate of drug-likeness (QED) is 0.728. The highest BCUT2D eigenvalue weighted by Gasteiger charge is 2.93. The molecule has 1 saturated heterocycles. The first kappa shape index (κ1) is 18.3. The average Bonchev–Trinajstić information content (AvgIpc) is 3.42. The van der Waals surface area contributed by atoms with Gasteiger partial charge < -0.3 is 4.90 Å². The summed E-state index contributed by atoms with van der Waals surface area (Å²) in [5.41, 5.74) is 0.743. The molecule has 140 valence electrons. The van der Waals surface area contributed by atoms with Gasteiger partial charge in [0.1, 0.15) is 10.5 Å². The zero-order valence-electron chi connectivity index (χ0n) is 16.4. The first-order valence-electron chi connectivity index (χ1n) is 9.28. The van der Waals surface area contributed by atoms with Crippen LogP contribution in [0.5, 0.6) is 0 Å². The van der Waals surface area contributed by atoms with Gasteiger partial charge in [0.15, 0.2) is 0 Å². The lowest BCUT2D eigenvalue weighted by atomic mass is 9.43. The van der Waals surface area contributed by atoms with Crippen molar-refractivity contribution >= 4 is 29.1 Å². The Morgan fingerprint density at radius 3 is 1.85 bits per heavy atom. The number of carbonyl (C=O) groups excluding carboxylic acids is 2. The Hall–Kier alpha value is -2.07. The van der Waals surface area contributed by atoms with Crippen LogP contribution in [0.15, 0.2) is 60.7 Å². The van der Waals surface area contributed by atoms with Gasteiger partial charge in [-0.2, -0.15) is 0 Å². The van der Waals surface area contributed by atoms with E-state index in [0.717, 1.165) is 11.3 Å². The topological polar surface area (TPSA) is 37.4 Å². The van der Waals surface area contributed by atoms with E-state index in [0.29, 0.717) is 0 Å². The number of amides is 1. The maximum Gasteiger partial charge on any atom is 0.249 e. The number of hydrogen-bond donors (Lipinski definition) is 0. The third-order valence-electron chi connectivity index (χ3n) is 6.59. The smallest absolute Gasteiger partial charge is 0.249 e. The summed E-state index contributed by atoms with van der Waals surface area (Å²) in [5.74, 6) is 0.272. The summed E-state index contributed by atoms with van der Waals surface area (Å²) >= 11 is 1.66. The van der Waals surface area contributed by atoms with E-state index < -0.39 is 20.3 Å². The van der Waals surface area contributed by atoms with E-state index in [1.165, 1.54) is 0 Å². The predicted octanol–water partition coefficient (Wildman–Crippen LogP) is 4.67. The fourth-order valence-corrected chi connectivity index (χ4v) is 7.71. The van der Waals surface area contributed by atoms with Gasteiger partial charge in [0.2, 0.25) is 5.91 Å². The number of thioether (sulfide) groups is 1. The molecule has 1 heterocycles. The monoisotopic (exact) mass is 379 g/mol. The molecule has 4 rings (SSSR count).